The van der Waals surface area contributed by atoms with Crippen molar-refractivity contribution in [3.63, 3.8) is 0 Å². The Kier molecular flexibility index (Phi) is 9.61. The van der Waals surface area contributed by atoms with Crippen LogP contribution in [0.15, 0.2) is 60.7 Å². The second-order valence-electron chi connectivity index (χ2n) is 7.28. The molecule has 0 atom stereocenters. The molecule has 0 radical (unpaired) electrons. The fourth-order valence-corrected chi connectivity index (χ4v) is 3.21. The minimum atomic E-state index is -1.26. The number of piperazine rings is 1. The van der Waals surface area contributed by atoms with Crippen LogP contribution in [-0.2, 0) is 9.59 Å². The summed E-state index contributed by atoms with van der Waals surface area (Å²) >= 11 is 0. The van der Waals surface area contributed by atoms with Gasteiger partial charge in [-0.3, -0.25) is 9.69 Å². The fourth-order valence-electron chi connectivity index (χ4n) is 3.21. The monoisotopic (exact) mass is 450 g/mol. The van der Waals surface area contributed by atoms with Gasteiger partial charge < -0.3 is 20.4 Å². The fraction of sp³-hybridized carbons (Fsp3) is 0.250. The molecule has 0 saturated carbocycles. The minimum absolute atomic E-state index is 0.0408. The van der Waals surface area contributed by atoms with Crippen molar-refractivity contribution in [3.05, 3.63) is 77.4 Å². The van der Waals surface area contributed by atoms with Crippen LogP contribution in [0, 0.1) is 18.3 Å². The topological polar surface area (TPSA) is 134 Å². The molecule has 1 aliphatic heterocycles. The summed E-state index contributed by atoms with van der Waals surface area (Å²) in [7, 11) is 0. The van der Waals surface area contributed by atoms with Crippen LogP contribution < -0.4 is 10.2 Å². The van der Waals surface area contributed by atoms with Crippen LogP contribution in [0.2, 0.25) is 0 Å². The highest BCUT2D eigenvalue weighted by molar-refractivity contribution is 5.94. The van der Waals surface area contributed by atoms with Gasteiger partial charge in [-0.05, 0) is 31.2 Å². The smallest absolute Gasteiger partial charge is 0.328 e. The van der Waals surface area contributed by atoms with Crippen molar-refractivity contribution in [2.24, 2.45) is 0 Å². The predicted octanol–water partition coefficient (Wildman–Crippen LogP) is 2.09. The Bertz CT molecular complexity index is 1040. The number of carbonyl (C=O) groups is 3. The largest absolute Gasteiger partial charge is 0.478 e. The van der Waals surface area contributed by atoms with Crippen molar-refractivity contribution in [2.75, 3.05) is 37.7 Å². The average molecular weight is 450 g/mol. The lowest BCUT2D eigenvalue weighted by Crippen LogP contribution is -2.50. The molecular formula is C24H26N4O5. The van der Waals surface area contributed by atoms with Crippen LogP contribution in [0.3, 0.4) is 0 Å². The maximum Gasteiger partial charge on any atom is 0.328 e. The van der Waals surface area contributed by atoms with Gasteiger partial charge in [0.15, 0.2) is 0 Å². The number of anilines is 1. The summed E-state index contributed by atoms with van der Waals surface area (Å²) in [6.07, 6.45) is 1.12. The maximum atomic E-state index is 12.2. The van der Waals surface area contributed by atoms with E-state index in [1.165, 1.54) is 0 Å². The second kappa shape index (κ2) is 12.6. The van der Waals surface area contributed by atoms with Crippen molar-refractivity contribution in [2.45, 2.75) is 6.92 Å². The van der Waals surface area contributed by atoms with Crippen molar-refractivity contribution in [3.8, 4) is 6.07 Å². The van der Waals surface area contributed by atoms with Crippen molar-refractivity contribution in [1.82, 2.24) is 10.2 Å². The van der Waals surface area contributed by atoms with Gasteiger partial charge in [0.2, 0.25) is 0 Å². The van der Waals surface area contributed by atoms with Crippen molar-refractivity contribution >= 4 is 23.5 Å². The van der Waals surface area contributed by atoms with Gasteiger partial charge in [0, 0.05) is 43.9 Å². The van der Waals surface area contributed by atoms with Crippen LogP contribution in [-0.4, -0.2) is 65.8 Å². The van der Waals surface area contributed by atoms with E-state index in [0.717, 1.165) is 37.4 Å². The lowest BCUT2D eigenvalue weighted by atomic mass is 10.1. The van der Waals surface area contributed by atoms with Gasteiger partial charge in [-0.15, -0.1) is 0 Å². The molecular weight excluding hydrogens is 424 g/mol. The first-order chi connectivity index (χ1) is 15.8. The number of benzene rings is 2. The molecule has 1 fully saturated rings. The third-order valence-corrected chi connectivity index (χ3v) is 4.85. The highest BCUT2D eigenvalue weighted by Crippen LogP contribution is 2.20. The van der Waals surface area contributed by atoms with Gasteiger partial charge in [0.05, 0.1) is 17.9 Å². The zero-order valence-electron chi connectivity index (χ0n) is 18.3. The molecule has 0 aliphatic carbocycles. The number of hydrogen-bond acceptors (Lipinski definition) is 6. The van der Waals surface area contributed by atoms with Crippen molar-refractivity contribution < 1.29 is 24.6 Å². The Morgan fingerprint density at radius 1 is 1.00 bits per heavy atom. The van der Waals surface area contributed by atoms with Gasteiger partial charge in [0.25, 0.3) is 5.91 Å². The quantitative estimate of drug-likeness (QED) is 0.570. The number of carboxylic acids is 2. The van der Waals surface area contributed by atoms with E-state index in [4.69, 9.17) is 10.2 Å². The molecule has 0 spiro atoms. The minimum Gasteiger partial charge on any atom is -0.478 e. The van der Waals surface area contributed by atoms with E-state index < -0.39 is 11.9 Å². The third kappa shape index (κ3) is 8.47. The molecule has 9 nitrogen and oxygen atoms in total. The summed E-state index contributed by atoms with van der Waals surface area (Å²) in [5.41, 5.74) is 3.48. The molecule has 1 amide bonds. The molecule has 2 aromatic rings. The normalized spacial score (nSPS) is 13.5. The van der Waals surface area contributed by atoms with Crippen LogP contribution in [0.1, 0.15) is 21.5 Å². The number of nitrogens with one attached hydrogen (secondary N) is 1. The molecule has 172 valence electrons. The highest BCUT2D eigenvalue weighted by atomic mass is 16.4. The summed E-state index contributed by atoms with van der Waals surface area (Å²) < 4.78 is 0. The van der Waals surface area contributed by atoms with Gasteiger partial charge in [0.1, 0.15) is 6.07 Å². The standard InChI is InChI=1S/C20H22N4O.C4H4O4/c1-16-5-4-7-17(13-16)20(25)22-15-23-9-11-24(12-10-23)19-8-3-2-6-18(19)14-21;5-3(6)1-2-4(7)8/h2-8,13H,9-12,15H2,1H3,(H,22,25);1-2H,(H,5,6)(H,7,8)/b;2-1-. The number of nitriles is 1. The number of carbonyl (C=O) groups excluding carboxylic acids is 1. The number of aryl methyl sites for hydroxylation is 1. The zero-order valence-corrected chi connectivity index (χ0v) is 18.3. The number of carboxylic acid groups (broad SMARTS) is 2. The number of hydrogen-bond donors (Lipinski definition) is 3. The van der Waals surface area contributed by atoms with Gasteiger partial charge in [-0.25, -0.2) is 9.59 Å². The zero-order chi connectivity index (χ0) is 24.2. The van der Waals surface area contributed by atoms with Gasteiger partial charge >= 0.3 is 11.9 Å². The van der Waals surface area contributed by atoms with E-state index in [-0.39, 0.29) is 5.91 Å². The molecule has 1 aliphatic rings. The number of nitrogens with zero attached hydrogens (tertiary/aromatic N) is 3. The van der Waals surface area contributed by atoms with Crippen LogP contribution in [0.25, 0.3) is 0 Å². The van der Waals surface area contributed by atoms with Gasteiger partial charge in [-0.2, -0.15) is 5.26 Å². The summed E-state index contributed by atoms with van der Waals surface area (Å²) in [4.78, 5) is 35.8. The van der Waals surface area contributed by atoms with E-state index in [0.29, 0.717) is 29.9 Å². The summed E-state index contributed by atoms with van der Waals surface area (Å²) in [5.74, 6) is -2.55. The summed E-state index contributed by atoms with van der Waals surface area (Å²) in [5, 5.41) is 27.9. The van der Waals surface area contributed by atoms with E-state index in [2.05, 4.69) is 21.2 Å². The molecule has 9 heteroatoms. The van der Waals surface area contributed by atoms with Crippen LogP contribution in [0.5, 0.6) is 0 Å². The lowest BCUT2D eigenvalue weighted by Gasteiger charge is -2.36. The van der Waals surface area contributed by atoms with Crippen molar-refractivity contribution in [1.29, 1.82) is 5.26 Å². The first kappa shape index (κ1) is 25.1. The molecule has 0 aromatic heterocycles. The maximum absolute atomic E-state index is 12.2. The average Bonchev–Trinajstić information content (AvgIpc) is 2.82. The molecule has 3 N–H and O–H groups in total. The first-order valence-electron chi connectivity index (χ1n) is 10.3. The number of amides is 1. The third-order valence-electron chi connectivity index (χ3n) is 4.85. The van der Waals surface area contributed by atoms with Crippen LogP contribution >= 0.6 is 0 Å². The van der Waals surface area contributed by atoms with E-state index in [1.807, 2.05) is 55.5 Å². The Labute approximate surface area is 192 Å². The molecule has 33 heavy (non-hydrogen) atoms. The molecule has 0 bridgehead atoms. The van der Waals surface area contributed by atoms with E-state index >= 15 is 0 Å². The molecule has 2 aromatic carbocycles. The molecule has 1 heterocycles. The number of rotatable bonds is 6. The SMILES string of the molecule is Cc1cccc(C(=O)NCN2CCN(c3ccccc3C#N)CC2)c1.O=C(O)/C=C\C(=O)O. The Morgan fingerprint density at radius 2 is 1.64 bits per heavy atom. The Balaban J connectivity index is 0.000000414. The second-order valence-corrected chi connectivity index (χ2v) is 7.28. The summed E-state index contributed by atoms with van der Waals surface area (Å²) in [6, 6.07) is 17.6. The predicted molar refractivity (Wildman–Crippen MR) is 123 cm³/mol. The summed E-state index contributed by atoms with van der Waals surface area (Å²) in [6.45, 7) is 5.93. The molecule has 0 unspecified atom stereocenters. The van der Waals surface area contributed by atoms with E-state index in [1.54, 1.807) is 0 Å². The Hall–Kier alpha value is -4.16. The van der Waals surface area contributed by atoms with E-state index in [9.17, 15) is 19.6 Å². The number of para-hydroxylation sites is 1. The lowest BCUT2D eigenvalue weighted by molar-refractivity contribution is -0.134. The molecule has 1 saturated heterocycles. The number of aliphatic carboxylic acids is 2. The van der Waals surface area contributed by atoms with Crippen LogP contribution in [0.4, 0.5) is 5.69 Å². The highest BCUT2D eigenvalue weighted by Gasteiger charge is 2.19. The first-order valence-corrected chi connectivity index (χ1v) is 10.3. The Morgan fingerprint density at radius 3 is 2.21 bits per heavy atom. The molecule has 3 rings (SSSR count). The van der Waals surface area contributed by atoms with Gasteiger partial charge in [-0.1, -0.05) is 29.8 Å².